The van der Waals surface area contributed by atoms with Gasteiger partial charge in [-0.3, -0.25) is 4.68 Å². The summed E-state index contributed by atoms with van der Waals surface area (Å²) in [6.07, 6.45) is 2.96. The van der Waals surface area contributed by atoms with Crippen LogP contribution in [0.25, 0.3) is 0 Å². The average Bonchev–Trinajstić information content (AvgIpc) is 2.84. The minimum Gasteiger partial charge on any atom is -0.464 e. The van der Waals surface area contributed by atoms with E-state index in [1.807, 2.05) is 20.0 Å². The van der Waals surface area contributed by atoms with Gasteiger partial charge in [-0.1, -0.05) is 18.5 Å². The van der Waals surface area contributed by atoms with Gasteiger partial charge in [0, 0.05) is 18.3 Å². The van der Waals surface area contributed by atoms with Gasteiger partial charge in [0.1, 0.15) is 11.5 Å². The van der Waals surface area contributed by atoms with Crippen molar-refractivity contribution in [3.05, 3.63) is 40.1 Å². The van der Waals surface area contributed by atoms with E-state index in [2.05, 4.69) is 23.4 Å². The van der Waals surface area contributed by atoms with Gasteiger partial charge >= 0.3 is 0 Å². The fourth-order valence-electron chi connectivity index (χ4n) is 1.98. The molecular formula is C14H20ClN3O. The first-order chi connectivity index (χ1) is 9.10. The van der Waals surface area contributed by atoms with Gasteiger partial charge in [-0.15, -0.1) is 0 Å². The molecule has 19 heavy (non-hydrogen) atoms. The Labute approximate surface area is 118 Å². The molecule has 104 valence electrons. The Morgan fingerprint density at radius 1 is 1.42 bits per heavy atom. The fourth-order valence-corrected chi connectivity index (χ4v) is 2.13. The van der Waals surface area contributed by atoms with E-state index in [9.17, 15) is 0 Å². The van der Waals surface area contributed by atoms with E-state index in [4.69, 9.17) is 16.0 Å². The summed E-state index contributed by atoms with van der Waals surface area (Å²) in [5.74, 6) is 1.87. The predicted molar refractivity (Wildman–Crippen MR) is 76.5 cm³/mol. The second-order valence-corrected chi connectivity index (χ2v) is 5.14. The zero-order chi connectivity index (χ0) is 13.8. The number of furan rings is 1. The summed E-state index contributed by atoms with van der Waals surface area (Å²) < 4.78 is 7.56. The fraction of sp³-hybridized carbons (Fsp3) is 0.500. The lowest BCUT2D eigenvalue weighted by molar-refractivity contribution is 0.455. The zero-order valence-corrected chi connectivity index (χ0v) is 12.4. The first-order valence-electron chi connectivity index (χ1n) is 6.58. The molecule has 5 heteroatoms. The van der Waals surface area contributed by atoms with Gasteiger partial charge in [0.15, 0.2) is 0 Å². The summed E-state index contributed by atoms with van der Waals surface area (Å²) >= 11 is 5.99. The number of hydrogen-bond acceptors (Lipinski definition) is 3. The number of aryl methyl sites for hydroxylation is 2. The Morgan fingerprint density at radius 3 is 2.84 bits per heavy atom. The molecule has 0 saturated heterocycles. The van der Waals surface area contributed by atoms with Crippen LogP contribution in [0.4, 0.5) is 0 Å². The summed E-state index contributed by atoms with van der Waals surface area (Å²) in [7, 11) is 0. The molecule has 0 fully saturated rings. The second-order valence-electron chi connectivity index (χ2n) is 4.73. The number of hydrogen-bond donors (Lipinski definition) is 1. The smallest absolute Gasteiger partial charge is 0.125 e. The molecule has 2 rings (SSSR count). The highest BCUT2D eigenvalue weighted by atomic mass is 35.5. The maximum absolute atomic E-state index is 5.99. The number of nitrogens with zero attached hydrogens (tertiary/aromatic N) is 2. The maximum atomic E-state index is 5.99. The van der Waals surface area contributed by atoms with Crippen LogP contribution in [-0.4, -0.2) is 16.3 Å². The Morgan fingerprint density at radius 2 is 2.21 bits per heavy atom. The van der Waals surface area contributed by atoms with Crippen LogP contribution >= 0.6 is 11.6 Å². The Balaban J connectivity index is 2.03. The number of nitrogens with one attached hydrogen (secondary N) is 1. The zero-order valence-electron chi connectivity index (χ0n) is 11.7. The topological polar surface area (TPSA) is 43.0 Å². The lowest BCUT2D eigenvalue weighted by Gasteiger charge is -1.99. The van der Waals surface area contributed by atoms with E-state index in [1.165, 1.54) is 5.56 Å². The molecule has 0 bridgehead atoms. The van der Waals surface area contributed by atoms with Crippen molar-refractivity contribution in [3.8, 4) is 0 Å². The Kier molecular flexibility index (Phi) is 4.66. The summed E-state index contributed by atoms with van der Waals surface area (Å²) in [5.41, 5.74) is 2.05. The summed E-state index contributed by atoms with van der Waals surface area (Å²) in [6.45, 7) is 8.53. The molecule has 2 heterocycles. The molecule has 0 aromatic carbocycles. The Bertz CT molecular complexity index is 525. The number of halogens is 1. The van der Waals surface area contributed by atoms with Crippen LogP contribution in [0.3, 0.4) is 0 Å². The molecule has 2 aromatic rings. The van der Waals surface area contributed by atoms with Crippen LogP contribution in [0.1, 0.15) is 36.1 Å². The molecule has 0 amide bonds. The minimum absolute atomic E-state index is 0.613. The van der Waals surface area contributed by atoms with Gasteiger partial charge in [-0.2, -0.15) is 5.10 Å². The molecule has 0 radical (unpaired) electrons. The van der Waals surface area contributed by atoms with Crippen molar-refractivity contribution >= 4 is 11.6 Å². The van der Waals surface area contributed by atoms with Crippen molar-refractivity contribution in [3.63, 3.8) is 0 Å². The van der Waals surface area contributed by atoms with Crippen molar-refractivity contribution in [2.24, 2.45) is 0 Å². The van der Waals surface area contributed by atoms with Gasteiger partial charge in [-0.05, 0) is 32.9 Å². The van der Waals surface area contributed by atoms with Crippen molar-refractivity contribution in [2.75, 3.05) is 6.54 Å². The molecule has 0 aliphatic carbocycles. The molecular weight excluding hydrogens is 262 g/mol. The third kappa shape index (κ3) is 3.61. The van der Waals surface area contributed by atoms with Crippen molar-refractivity contribution < 1.29 is 4.42 Å². The summed E-state index contributed by atoms with van der Waals surface area (Å²) in [5, 5.41) is 8.40. The molecule has 0 spiro atoms. The van der Waals surface area contributed by atoms with E-state index in [0.29, 0.717) is 11.6 Å². The molecule has 1 N–H and O–H groups in total. The van der Waals surface area contributed by atoms with Gasteiger partial charge < -0.3 is 9.73 Å². The SMILES string of the molecule is CCCNCc1cc(Cn2cc(Cl)c(C)n2)oc1C. The van der Waals surface area contributed by atoms with Crippen molar-refractivity contribution in [1.82, 2.24) is 15.1 Å². The molecule has 0 aliphatic rings. The highest BCUT2D eigenvalue weighted by Crippen LogP contribution is 2.17. The lowest BCUT2D eigenvalue weighted by Crippen LogP contribution is -2.13. The van der Waals surface area contributed by atoms with Crippen molar-refractivity contribution in [1.29, 1.82) is 0 Å². The van der Waals surface area contributed by atoms with Gasteiger partial charge in [0.2, 0.25) is 0 Å². The van der Waals surface area contributed by atoms with Crippen LogP contribution in [-0.2, 0) is 13.1 Å². The van der Waals surface area contributed by atoms with E-state index in [-0.39, 0.29) is 0 Å². The second kappa shape index (κ2) is 6.26. The predicted octanol–water partition coefficient (Wildman–Crippen LogP) is 3.29. The van der Waals surface area contributed by atoms with Crippen LogP contribution in [0, 0.1) is 13.8 Å². The van der Waals surface area contributed by atoms with Crippen LogP contribution in [0.15, 0.2) is 16.7 Å². The molecule has 0 atom stereocenters. The van der Waals surface area contributed by atoms with E-state index < -0.39 is 0 Å². The highest BCUT2D eigenvalue weighted by Gasteiger charge is 2.09. The van der Waals surface area contributed by atoms with E-state index >= 15 is 0 Å². The van der Waals surface area contributed by atoms with Gasteiger partial charge in [0.25, 0.3) is 0 Å². The quantitative estimate of drug-likeness (QED) is 0.826. The van der Waals surface area contributed by atoms with Crippen LogP contribution in [0.2, 0.25) is 5.02 Å². The maximum Gasteiger partial charge on any atom is 0.125 e. The number of rotatable bonds is 6. The van der Waals surface area contributed by atoms with Gasteiger partial charge in [0.05, 0.1) is 17.3 Å². The molecule has 0 aliphatic heterocycles. The molecule has 0 unspecified atom stereocenters. The number of aromatic nitrogens is 2. The molecule has 2 aromatic heterocycles. The average molecular weight is 282 g/mol. The third-order valence-corrected chi connectivity index (χ3v) is 3.39. The monoisotopic (exact) mass is 281 g/mol. The van der Waals surface area contributed by atoms with Gasteiger partial charge in [-0.25, -0.2) is 0 Å². The summed E-state index contributed by atoms with van der Waals surface area (Å²) in [6, 6.07) is 2.09. The first kappa shape index (κ1) is 14.2. The van der Waals surface area contributed by atoms with E-state index in [0.717, 1.165) is 36.7 Å². The third-order valence-electron chi connectivity index (χ3n) is 3.02. The Hall–Kier alpha value is -1.26. The van der Waals surface area contributed by atoms with Crippen LogP contribution in [0.5, 0.6) is 0 Å². The van der Waals surface area contributed by atoms with Crippen molar-refractivity contribution in [2.45, 2.75) is 40.3 Å². The normalized spacial score (nSPS) is 11.2. The molecule has 0 saturated carbocycles. The minimum atomic E-state index is 0.613. The largest absolute Gasteiger partial charge is 0.464 e. The lowest BCUT2D eigenvalue weighted by atomic mass is 10.2. The standard InChI is InChI=1S/C14H20ClN3O/c1-4-5-16-7-12-6-13(19-11(12)3)8-18-9-14(15)10(2)17-18/h6,9,16H,4-5,7-8H2,1-3H3. The summed E-state index contributed by atoms with van der Waals surface area (Å²) in [4.78, 5) is 0. The first-order valence-corrected chi connectivity index (χ1v) is 6.96. The highest BCUT2D eigenvalue weighted by molar-refractivity contribution is 6.31. The van der Waals surface area contributed by atoms with E-state index in [1.54, 1.807) is 4.68 Å². The molecule has 4 nitrogen and oxygen atoms in total. The van der Waals surface area contributed by atoms with Crippen LogP contribution < -0.4 is 5.32 Å².